The van der Waals surface area contributed by atoms with Crippen molar-refractivity contribution in [3.8, 4) is 11.5 Å². The summed E-state index contributed by atoms with van der Waals surface area (Å²) in [7, 11) is 0. The number of halogens is 1. The van der Waals surface area contributed by atoms with E-state index >= 15 is 0 Å². The van der Waals surface area contributed by atoms with Gasteiger partial charge in [0.15, 0.2) is 11.5 Å². The van der Waals surface area contributed by atoms with Crippen LogP contribution < -0.4 is 5.73 Å². The second-order valence-corrected chi connectivity index (χ2v) is 5.56. The number of aromatic nitrogens is 1. The van der Waals surface area contributed by atoms with Crippen molar-refractivity contribution in [3.63, 3.8) is 0 Å². The molecule has 132 valence electrons. The molecular weight excluding hydrogens is 334 g/mol. The van der Waals surface area contributed by atoms with E-state index in [2.05, 4.69) is 5.16 Å². The summed E-state index contributed by atoms with van der Waals surface area (Å²) < 4.78 is 16.2. The molecule has 0 aliphatic carbocycles. The molecule has 8 heteroatoms. The van der Waals surface area contributed by atoms with Crippen molar-refractivity contribution >= 4 is 18.3 Å². The minimum absolute atomic E-state index is 0. The number of nitrogens with zero attached hydrogens (tertiary/aromatic N) is 2. The molecule has 2 aromatic heterocycles. The van der Waals surface area contributed by atoms with E-state index < -0.39 is 0 Å². The van der Waals surface area contributed by atoms with Crippen molar-refractivity contribution in [2.24, 2.45) is 5.73 Å². The van der Waals surface area contributed by atoms with Crippen LogP contribution in [0.4, 0.5) is 0 Å². The van der Waals surface area contributed by atoms with Crippen LogP contribution in [0, 0.1) is 0 Å². The summed E-state index contributed by atoms with van der Waals surface area (Å²) in [5.74, 6) is 0.897. The number of carbonyl (C=O) groups is 1. The molecule has 3 rings (SSSR count). The van der Waals surface area contributed by atoms with Crippen molar-refractivity contribution in [2.45, 2.75) is 25.4 Å². The highest BCUT2D eigenvalue weighted by Crippen LogP contribution is 2.22. The Morgan fingerprint density at radius 2 is 2.17 bits per heavy atom. The van der Waals surface area contributed by atoms with Gasteiger partial charge in [-0.25, -0.2) is 0 Å². The lowest BCUT2D eigenvalue weighted by Crippen LogP contribution is -2.41. The number of likely N-dealkylation sites (tertiary alicyclic amines) is 1. The van der Waals surface area contributed by atoms with Crippen LogP contribution in [-0.4, -0.2) is 48.3 Å². The van der Waals surface area contributed by atoms with Crippen molar-refractivity contribution in [2.75, 3.05) is 26.2 Å². The van der Waals surface area contributed by atoms with Gasteiger partial charge in [0.2, 0.25) is 5.76 Å². The van der Waals surface area contributed by atoms with E-state index in [-0.39, 0.29) is 24.4 Å². The number of amides is 1. The first-order valence-corrected chi connectivity index (χ1v) is 7.89. The Morgan fingerprint density at radius 1 is 1.38 bits per heavy atom. The fourth-order valence-corrected chi connectivity index (χ4v) is 2.63. The lowest BCUT2D eigenvalue weighted by Gasteiger charge is -2.31. The topological polar surface area (TPSA) is 94.7 Å². The quantitative estimate of drug-likeness (QED) is 0.799. The van der Waals surface area contributed by atoms with Gasteiger partial charge in [-0.3, -0.25) is 4.79 Å². The number of furan rings is 1. The zero-order chi connectivity index (χ0) is 16.1. The summed E-state index contributed by atoms with van der Waals surface area (Å²) in [6.45, 7) is 2.65. The van der Waals surface area contributed by atoms with Gasteiger partial charge in [-0.15, -0.1) is 12.4 Å². The van der Waals surface area contributed by atoms with Gasteiger partial charge in [0.25, 0.3) is 5.91 Å². The summed E-state index contributed by atoms with van der Waals surface area (Å²) in [5, 5.41) is 3.86. The molecule has 1 fully saturated rings. The predicted octanol–water partition coefficient (Wildman–Crippen LogP) is 2.33. The SMILES string of the molecule is Cl.NCCCOC1CCN(C(=O)c2cc(-c3ccco3)on2)CC1. The lowest BCUT2D eigenvalue weighted by atomic mass is 10.1. The molecule has 0 atom stereocenters. The third kappa shape index (κ3) is 4.37. The molecule has 0 spiro atoms. The van der Waals surface area contributed by atoms with Crippen LogP contribution in [0.5, 0.6) is 0 Å². The number of hydrogen-bond acceptors (Lipinski definition) is 6. The van der Waals surface area contributed by atoms with Crippen LogP contribution in [0.3, 0.4) is 0 Å². The van der Waals surface area contributed by atoms with Crippen LogP contribution in [0.15, 0.2) is 33.4 Å². The molecule has 0 saturated carbocycles. The lowest BCUT2D eigenvalue weighted by molar-refractivity contribution is 0.00820. The summed E-state index contributed by atoms with van der Waals surface area (Å²) in [5.41, 5.74) is 5.76. The van der Waals surface area contributed by atoms with Crippen LogP contribution in [0.25, 0.3) is 11.5 Å². The first-order valence-electron chi connectivity index (χ1n) is 7.89. The van der Waals surface area contributed by atoms with Crippen molar-refractivity contribution in [3.05, 3.63) is 30.2 Å². The Balaban J connectivity index is 0.00000208. The standard InChI is InChI=1S/C16H21N3O4.ClH/c17-6-2-10-21-12-4-7-19(8-5-12)16(20)13-11-15(23-18-13)14-3-1-9-22-14;/h1,3,9,11-12H,2,4-8,10,17H2;1H. The average molecular weight is 356 g/mol. The highest BCUT2D eigenvalue weighted by Gasteiger charge is 2.26. The highest BCUT2D eigenvalue weighted by atomic mass is 35.5. The van der Waals surface area contributed by atoms with Crippen LogP contribution in [0.2, 0.25) is 0 Å². The maximum absolute atomic E-state index is 12.5. The molecular formula is C16H22ClN3O4. The first kappa shape index (κ1) is 18.5. The summed E-state index contributed by atoms with van der Waals surface area (Å²) in [6, 6.07) is 5.14. The van der Waals surface area contributed by atoms with Crippen LogP contribution in [0.1, 0.15) is 29.8 Å². The average Bonchev–Trinajstić information content (AvgIpc) is 3.26. The van der Waals surface area contributed by atoms with Crippen LogP contribution in [-0.2, 0) is 4.74 Å². The molecule has 7 nitrogen and oxygen atoms in total. The van der Waals surface area contributed by atoms with Crippen molar-refractivity contribution < 1.29 is 18.5 Å². The van der Waals surface area contributed by atoms with Gasteiger partial charge in [-0.05, 0) is 37.9 Å². The Hall–Kier alpha value is -1.83. The second kappa shape index (κ2) is 8.86. The Bertz CT molecular complexity index is 621. The van der Waals surface area contributed by atoms with Gasteiger partial charge in [0.1, 0.15) is 0 Å². The number of carbonyl (C=O) groups excluding carboxylic acids is 1. The van der Waals surface area contributed by atoms with Gasteiger partial charge in [0, 0.05) is 25.8 Å². The summed E-state index contributed by atoms with van der Waals surface area (Å²) in [4.78, 5) is 14.2. The van der Waals surface area contributed by atoms with Gasteiger partial charge in [-0.2, -0.15) is 0 Å². The normalized spacial score (nSPS) is 15.3. The van der Waals surface area contributed by atoms with Crippen LogP contribution >= 0.6 is 12.4 Å². The van der Waals surface area contributed by atoms with Crippen molar-refractivity contribution in [1.82, 2.24) is 10.1 Å². The molecule has 0 bridgehead atoms. The Morgan fingerprint density at radius 3 is 2.83 bits per heavy atom. The molecule has 3 heterocycles. The number of rotatable bonds is 6. The molecule has 0 unspecified atom stereocenters. The predicted molar refractivity (Wildman–Crippen MR) is 90.0 cm³/mol. The number of ether oxygens (including phenoxy) is 1. The van der Waals surface area contributed by atoms with Crippen molar-refractivity contribution in [1.29, 1.82) is 0 Å². The number of hydrogen-bond donors (Lipinski definition) is 1. The minimum Gasteiger partial charge on any atom is -0.461 e. The zero-order valence-electron chi connectivity index (χ0n) is 13.3. The third-order valence-corrected chi connectivity index (χ3v) is 3.92. The molecule has 24 heavy (non-hydrogen) atoms. The monoisotopic (exact) mass is 355 g/mol. The van der Waals surface area contributed by atoms with Gasteiger partial charge in [0.05, 0.1) is 12.4 Å². The van der Waals surface area contributed by atoms with E-state index in [4.69, 9.17) is 19.4 Å². The first-order chi connectivity index (χ1) is 11.3. The van der Waals surface area contributed by atoms with Gasteiger partial charge >= 0.3 is 0 Å². The fourth-order valence-electron chi connectivity index (χ4n) is 2.63. The number of nitrogens with two attached hydrogens (primary N) is 1. The molecule has 1 aliphatic rings. The molecule has 0 aromatic carbocycles. The van der Waals surface area contributed by atoms with Gasteiger partial charge in [-0.1, -0.05) is 5.16 Å². The van der Waals surface area contributed by atoms with Gasteiger partial charge < -0.3 is 24.3 Å². The molecule has 1 aliphatic heterocycles. The van der Waals surface area contributed by atoms with E-state index in [9.17, 15) is 4.79 Å². The fraction of sp³-hybridized carbons (Fsp3) is 0.500. The molecule has 0 radical (unpaired) electrons. The molecule has 2 aromatic rings. The van der Waals surface area contributed by atoms with E-state index in [1.807, 2.05) is 0 Å². The highest BCUT2D eigenvalue weighted by molar-refractivity contribution is 5.93. The Labute approximate surface area is 146 Å². The summed E-state index contributed by atoms with van der Waals surface area (Å²) in [6.07, 6.45) is 4.29. The molecule has 2 N–H and O–H groups in total. The van der Waals surface area contributed by atoms with E-state index in [1.54, 1.807) is 29.4 Å². The van der Waals surface area contributed by atoms with E-state index in [1.165, 1.54) is 0 Å². The van der Waals surface area contributed by atoms with E-state index in [0.717, 1.165) is 19.3 Å². The largest absolute Gasteiger partial charge is 0.461 e. The maximum atomic E-state index is 12.5. The second-order valence-electron chi connectivity index (χ2n) is 5.56. The smallest absolute Gasteiger partial charge is 0.276 e. The minimum atomic E-state index is -0.119. The van der Waals surface area contributed by atoms with E-state index in [0.29, 0.717) is 43.5 Å². The zero-order valence-corrected chi connectivity index (χ0v) is 14.2. The third-order valence-electron chi connectivity index (χ3n) is 3.92. The maximum Gasteiger partial charge on any atom is 0.276 e. The summed E-state index contributed by atoms with van der Waals surface area (Å²) >= 11 is 0. The Kier molecular flexibility index (Phi) is 6.84. The molecule has 1 amide bonds. The molecule has 1 saturated heterocycles. The number of piperidine rings is 1.